The smallest absolute Gasteiger partial charge is 0.128 e. The van der Waals surface area contributed by atoms with Crippen LogP contribution in [0.2, 0.25) is 0 Å². The quantitative estimate of drug-likeness (QED) is 0.804. The molecule has 0 spiro atoms. The molecule has 0 bridgehead atoms. The lowest BCUT2D eigenvalue weighted by Crippen LogP contribution is -2.41. The van der Waals surface area contributed by atoms with Crippen molar-refractivity contribution in [2.24, 2.45) is 0 Å². The minimum atomic E-state index is -0.739. The Balaban J connectivity index is 3.07. The van der Waals surface area contributed by atoms with Gasteiger partial charge in [0.1, 0.15) is 11.6 Å². The summed E-state index contributed by atoms with van der Waals surface area (Å²) >= 11 is 0. The summed E-state index contributed by atoms with van der Waals surface area (Å²) in [6.45, 7) is 4.38. The molecular weight excluding hydrogens is 224 g/mol. The maximum atomic E-state index is 13.7. The fourth-order valence-electron chi connectivity index (χ4n) is 1.86. The number of halogens is 2. The van der Waals surface area contributed by atoms with Gasteiger partial charge in [0.25, 0.3) is 0 Å². The zero-order chi connectivity index (χ0) is 12.9. The van der Waals surface area contributed by atoms with Gasteiger partial charge < -0.3 is 10.4 Å². The monoisotopic (exact) mass is 243 g/mol. The summed E-state index contributed by atoms with van der Waals surface area (Å²) in [5.74, 6) is -0.921. The van der Waals surface area contributed by atoms with Crippen molar-refractivity contribution in [2.75, 3.05) is 13.2 Å². The summed E-state index contributed by atoms with van der Waals surface area (Å²) in [6.07, 6.45) is 1.23. The van der Waals surface area contributed by atoms with Crippen LogP contribution < -0.4 is 5.32 Å². The maximum Gasteiger partial charge on any atom is 0.128 e. The highest BCUT2D eigenvalue weighted by atomic mass is 19.1. The summed E-state index contributed by atoms with van der Waals surface area (Å²) in [5.41, 5.74) is -0.475. The van der Waals surface area contributed by atoms with E-state index in [9.17, 15) is 8.78 Å². The standard InChI is InChI=1S/C13H19F2NO/c1-3-7-16-13(2,6-8-17)11-9-10(14)4-5-12(11)15/h4-5,9,16-17H,3,6-8H2,1-2H3. The van der Waals surface area contributed by atoms with E-state index in [-0.39, 0.29) is 12.2 Å². The Morgan fingerprint density at radius 3 is 2.65 bits per heavy atom. The van der Waals surface area contributed by atoms with Crippen LogP contribution in [0.25, 0.3) is 0 Å². The SMILES string of the molecule is CCCNC(C)(CCO)c1cc(F)ccc1F. The number of aliphatic hydroxyl groups is 1. The third-order valence-corrected chi connectivity index (χ3v) is 2.90. The van der Waals surface area contributed by atoms with E-state index in [4.69, 9.17) is 5.11 Å². The molecule has 0 saturated carbocycles. The van der Waals surface area contributed by atoms with Gasteiger partial charge in [-0.05, 0) is 44.5 Å². The van der Waals surface area contributed by atoms with E-state index in [2.05, 4.69) is 5.32 Å². The van der Waals surface area contributed by atoms with Crippen LogP contribution in [0, 0.1) is 11.6 Å². The van der Waals surface area contributed by atoms with E-state index in [1.165, 1.54) is 6.07 Å². The largest absolute Gasteiger partial charge is 0.396 e. The predicted octanol–water partition coefficient (Wildman–Crippen LogP) is 2.56. The van der Waals surface area contributed by atoms with E-state index < -0.39 is 17.2 Å². The topological polar surface area (TPSA) is 32.3 Å². The Hall–Kier alpha value is -1.00. The molecule has 0 heterocycles. The molecule has 0 saturated heterocycles. The van der Waals surface area contributed by atoms with E-state index in [0.717, 1.165) is 18.6 Å². The first kappa shape index (κ1) is 14.1. The second kappa shape index (κ2) is 6.07. The molecule has 0 aliphatic heterocycles. The van der Waals surface area contributed by atoms with Crippen LogP contribution in [0.3, 0.4) is 0 Å². The minimum absolute atomic E-state index is 0.0802. The van der Waals surface area contributed by atoms with Crippen molar-refractivity contribution >= 4 is 0 Å². The summed E-state index contributed by atoms with van der Waals surface area (Å²) in [5, 5.41) is 12.2. The molecule has 1 aromatic rings. The Labute approximate surface area is 101 Å². The molecule has 0 aliphatic carbocycles. The number of aliphatic hydroxyl groups excluding tert-OH is 1. The van der Waals surface area contributed by atoms with Gasteiger partial charge in [-0.3, -0.25) is 0 Å². The fourth-order valence-corrected chi connectivity index (χ4v) is 1.86. The minimum Gasteiger partial charge on any atom is -0.396 e. The number of benzene rings is 1. The summed E-state index contributed by atoms with van der Waals surface area (Å²) in [7, 11) is 0. The summed E-state index contributed by atoms with van der Waals surface area (Å²) in [6, 6.07) is 3.40. The molecule has 0 fully saturated rings. The van der Waals surface area contributed by atoms with Crippen molar-refractivity contribution in [1.29, 1.82) is 0 Å². The molecule has 1 unspecified atom stereocenters. The Bertz CT molecular complexity index is 370. The lowest BCUT2D eigenvalue weighted by molar-refractivity contribution is 0.217. The molecule has 1 aromatic carbocycles. The molecule has 0 radical (unpaired) electrons. The third-order valence-electron chi connectivity index (χ3n) is 2.90. The van der Waals surface area contributed by atoms with Gasteiger partial charge in [0.2, 0.25) is 0 Å². The van der Waals surface area contributed by atoms with E-state index in [1.54, 1.807) is 6.92 Å². The van der Waals surface area contributed by atoms with E-state index in [0.29, 0.717) is 13.0 Å². The molecule has 17 heavy (non-hydrogen) atoms. The zero-order valence-corrected chi connectivity index (χ0v) is 10.3. The third kappa shape index (κ3) is 3.48. The van der Waals surface area contributed by atoms with Gasteiger partial charge in [-0.25, -0.2) is 8.78 Å². The van der Waals surface area contributed by atoms with Crippen LogP contribution in [0.15, 0.2) is 18.2 Å². The number of hydrogen-bond acceptors (Lipinski definition) is 2. The highest BCUT2D eigenvalue weighted by molar-refractivity contribution is 5.26. The lowest BCUT2D eigenvalue weighted by Gasteiger charge is -2.31. The Kier molecular flexibility index (Phi) is 5.02. The molecule has 0 amide bonds. The fraction of sp³-hybridized carbons (Fsp3) is 0.538. The van der Waals surface area contributed by atoms with Crippen molar-refractivity contribution in [3.63, 3.8) is 0 Å². The highest BCUT2D eigenvalue weighted by Gasteiger charge is 2.28. The van der Waals surface area contributed by atoms with Crippen LogP contribution in [0.1, 0.15) is 32.3 Å². The van der Waals surface area contributed by atoms with Gasteiger partial charge in [0.15, 0.2) is 0 Å². The van der Waals surface area contributed by atoms with Gasteiger partial charge in [0.05, 0.1) is 0 Å². The predicted molar refractivity (Wildman–Crippen MR) is 63.7 cm³/mol. The number of nitrogens with one attached hydrogen (secondary N) is 1. The van der Waals surface area contributed by atoms with Gasteiger partial charge in [-0.2, -0.15) is 0 Å². The molecule has 1 rings (SSSR count). The van der Waals surface area contributed by atoms with Crippen molar-refractivity contribution in [1.82, 2.24) is 5.32 Å². The molecule has 4 heteroatoms. The summed E-state index contributed by atoms with van der Waals surface area (Å²) in [4.78, 5) is 0. The first-order valence-corrected chi connectivity index (χ1v) is 5.85. The van der Waals surface area contributed by atoms with Gasteiger partial charge in [-0.15, -0.1) is 0 Å². The molecule has 96 valence electrons. The van der Waals surface area contributed by atoms with Crippen molar-refractivity contribution in [2.45, 2.75) is 32.2 Å². The molecule has 1 atom stereocenters. The second-order valence-corrected chi connectivity index (χ2v) is 4.36. The number of hydrogen-bond donors (Lipinski definition) is 2. The molecule has 0 aromatic heterocycles. The van der Waals surface area contributed by atoms with Crippen LogP contribution in [0.4, 0.5) is 8.78 Å². The Morgan fingerprint density at radius 1 is 1.35 bits per heavy atom. The average Bonchev–Trinajstić information content (AvgIpc) is 2.30. The van der Waals surface area contributed by atoms with Crippen LogP contribution >= 0.6 is 0 Å². The van der Waals surface area contributed by atoms with Crippen molar-refractivity contribution in [3.8, 4) is 0 Å². The molecule has 2 N–H and O–H groups in total. The summed E-state index contributed by atoms with van der Waals surface area (Å²) < 4.78 is 26.9. The number of rotatable bonds is 6. The Morgan fingerprint density at radius 2 is 2.06 bits per heavy atom. The second-order valence-electron chi connectivity index (χ2n) is 4.36. The first-order chi connectivity index (χ1) is 8.03. The molecule has 0 aliphatic rings. The van der Waals surface area contributed by atoms with E-state index >= 15 is 0 Å². The van der Waals surface area contributed by atoms with E-state index in [1.807, 2.05) is 6.92 Å². The van der Waals surface area contributed by atoms with Crippen LogP contribution in [0.5, 0.6) is 0 Å². The van der Waals surface area contributed by atoms with Crippen molar-refractivity contribution in [3.05, 3.63) is 35.4 Å². The first-order valence-electron chi connectivity index (χ1n) is 5.85. The van der Waals surface area contributed by atoms with Gasteiger partial charge >= 0.3 is 0 Å². The van der Waals surface area contributed by atoms with Crippen LogP contribution in [-0.2, 0) is 5.54 Å². The van der Waals surface area contributed by atoms with Crippen molar-refractivity contribution < 1.29 is 13.9 Å². The molecule has 2 nitrogen and oxygen atoms in total. The van der Waals surface area contributed by atoms with Gasteiger partial charge in [-0.1, -0.05) is 6.92 Å². The lowest BCUT2D eigenvalue weighted by atomic mass is 9.88. The van der Waals surface area contributed by atoms with Crippen LogP contribution in [-0.4, -0.2) is 18.3 Å². The highest BCUT2D eigenvalue weighted by Crippen LogP contribution is 2.27. The average molecular weight is 243 g/mol. The zero-order valence-electron chi connectivity index (χ0n) is 10.3. The van der Waals surface area contributed by atoms with Gasteiger partial charge in [0, 0.05) is 17.7 Å². The normalized spacial score (nSPS) is 14.6. The maximum absolute atomic E-state index is 13.7. The molecular formula is C13H19F2NO.